The van der Waals surface area contributed by atoms with Crippen LogP contribution < -0.4 is 5.46 Å². The highest BCUT2D eigenvalue weighted by atomic mass is 16.5. The molecule has 0 saturated heterocycles. The van der Waals surface area contributed by atoms with E-state index < -0.39 is 7.12 Å². The molecule has 2 aromatic heterocycles. The molecule has 5 nitrogen and oxygen atoms in total. The number of rotatable bonds is 3. The van der Waals surface area contributed by atoms with Gasteiger partial charge in [0.05, 0.1) is 0 Å². The molecule has 2 N–H and O–H groups in total. The summed E-state index contributed by atoms with van der Waals surface area (Å²) >= 11 is 0. The third-order valence-corrected chi connectivity index (χ3v) is 2.96. The molecule has 0 atom stereocenters. The van der Waals surface area contributed by atoms with Gasteiger partial charge < -0.3 is 14.6 Å². The van der Waals surface area contributed by atoms with E-state index in [1.54, 1.807) is 36.7 Å². The molecule has 0 aliphatic rings. The van der Waals surface area contributed by atoms with Crippen LogP contribution in [0.2, 0.25) is 0 Å². The summed E-state index contributed by atoms with van der Waals surface area (Å²) in [5.41, 5.74) is 2.81. The molecular formula is C14H11BN2O3. The first kappa shape index (κ1) is 12.6. The number of hydrogen-bond acceptors (Lipinski definition) is 5. The van der Waals surface area contributed by atoms with Crippen molar-refractivity contribution in [1.29, 1.82) is 0 Å². The van der Waals surface area contributed by atoms with Gasteiger partial charge in [0.2, 0.25) is 0 Å². The van der Waals surface area contributed by atoms with Gasteiger partial charge in [-0.05, 0) is 17.6 Å². The van der Waals surface area contributed by atoms with Crippen LogP contribution in [-0.4, -0.2) is 27.3 Å². The van der Waals surface area contributed by atoms with Crippen molar-refractivity contribution < 1.29 is 14.6 Å². The van der Waals surface area contributed by atoms with Crippen molar-refractivity contribution in [2.24, 2.45) is 0 Å². The third kappa shape index (κ3) is 2.47. The maximum absolute atomic E-state index is 9.05. The maximum Gasteiger partial charge on any atom is 0.488 e. The molecule has 3 aromatic rings. The fraction of sp³-hybridized carbons (Fsp3) is 0. The van der Waals surface area contributed by atoms with Crippen LogP contribution in [0.15, 0.2) is 59.4 Å². The Morgan fingerprint density at radius 2 is 1.80 bits per heavy atom. The lowest BCUT2D eigenvalue weighted by Gasteiger charge is -1.99. The monoisotopic (exact) mass is 266 g/mol. The number of nitrogens with zero attached hydrogens (tertiary/aromatic N) is 2. The molecule has 3 rings (SSSR count). The lowest BCUT2D eigenvalue weighted by Crippen LogP contribution is -2.29. The fourth-order valence-corrected chi connectivity index (χ4v) is 1.88. The van der Waals surface area contributed by atoms with Crippen molar-refractivity contribution in [2.45, 2.75) is 0 Å². The molecule has 0 radical (unpaired) electrons. The van der Waals surface area contributed by atoms with Crippen molar-refractivity contribution in [2.75, 3.05) is 0 Å². The van der Waals surface area contributed by atoms with E-state index in [-0.39, 0.29) is 0 Å². The Bertz CT molecular complexity index is 696. The second-order valence-electron chi connectivity index (χ2n) is 4.31. The van der Waals surface area contributed by atoms with Crippen molar-refractivity contribution >= 4 is 12.6 Å². The molecule has 0 unspecified atom stereocenters. The predicted octanol–water partition coefficient (Wildman–Crippen LogP) is 1.08. The van der Waals surface area contributed by atoms with Crippen LogP contribution in [0.1, 0.15) is 0 Å². The minimum atomic E-state index is -1.47. The van der Waals surface area contributed by atoms with E-state index in [1.807, 2.05) is 18.2 Å². The molecule has 0 aliphatic carbocycles. The SMILES string of the molecule is OB(O)c1ccc(-c2cc(-c3cccnc3)on2)cc1. The van der Waals surface area contributed by atoms with E-state index >= 15 is 0 Å². The van der Waals surface area contributed by atoms with Crippen LogP contribution >= 0.6 is 0 Å². The fourth-order valence-electron chi connectivity index (χ4n) is 1.88. The van der Waals surface area contributed by atoms with E-state index in [9.17, 15) is 0 Å². The lowest BCUT2D eigenvalue weighted by molar-refractivity contribution is 0.426. The first-order valence-corrected chi connectivity index (χ1v) is 6.07. The predicted molar refractivity (Wildman–Crippen MR) is 75.0 cm³/mol. The molecule has 0 bridgehead atoms. The minimum Gasteiger partial charge on any atom is -0.423 e. The second kappa shape index (κ2) is 5.28. The quantitative estimate of drug-likeness (QED) is 0.693. The number of aromatic nitrogens is 2. The summed E-state index contributed by atoms with van der Waals surface area (Å²) in [6.07, 6.45) is 3.40. The lowest BCUT2D eigenvalue weighted by atomic mass is 9.80. The van der Waals surface area contributed by atoms with Crippen LogP contribution in [0.5, 0.6) is 0 Å². The highest BCUT2D eigenvalue weighted by Crippen LogP contribution is 2.24. The number of benzene rings is 1. The van der Waals surface area contributed by atoms with Gasteiger partial charge in [-0.1, -0.05) is 29.4 Å². The molecule has 20 heavy (non-hydrogen) atoms. The Balaban J connectivity index is 1.90. The zero-order valence-electron chi connectivity index (χ0n) is 10.5. The minimum absolute atomic E-state index is 0.435. The van der Waals surface area contributed by atoms with Gasteiger partial charge in [-0.15, -0.1) is 0 Å². The molecule has 6 heteroatoms. The van der Waals surface area contributed by atoms with Crippen LogP contribution in [0.4, 0.5) is 0 Å². The summed E-state index contributed by atoms with van der Waals surface area (Å²) in [5, 5.41) is 22.1. The summed E-state index contributed by atoms with van der Waals surface area (Å²) in [7, 11) is -1.47. The molecule has 0 aliphatic heterocycles. The number of pyridine rings is 1. The van der Waals surface area contributed by atoms with Gasteiger partial charge in [0.1, 0.15) is 5.69 Å². The molecule has 0 amide bonds. The molecule has 2 heterocycles. The van der Waals surface area contributed by atoms with Gasteiger partial charge >= 0.3 is 7.12 Å². The summed E-state index contributed by atoms with van der Waals surface area (Å²) < 4.78 is 5.29. The highest BCUT2D eigenvalue weighted by Gasteiger charge is 2.12. The largest absolute Gasteiger partial charge is 0.488 e. The molecule has 1 aromatic carbocycles. The zero-order valence-corrected chi connectivity index (χ0v) is 10.5. The summed E-state index contributed by atoms with van der Waals surface area (Å²) in [4.78, 5) is 4.03. The maximum atomic E-state index is 9.05. The summed E-state index contributed by atoms with van der Waals surface area (Å²) in [6, 6.07) is 12.3. The molecule has 0 saturated carbocycles. The normalized spacial score (nSPS) is 10.5. The van der Waals surface area contributed by atoms with Gasteiger partial charge in [0.15, 0.2) is 5.76 Å². The molecule has 98 valence electrons. The molecule has 0 fully saturated rings. The first-order chi connectivity index (χ1) is 9.74. The Kier molecular flexibility index (Phi) is 3.33. The van der Waals surface area contributed by atoms with E-state index in [2.05, 4.69) is 10.1 Å². The average molecular weight is 266 g/mol. The van der Waals surface area contributed by atoms with E-state index in [4.69, 9.17) is 14.6 Å². The third-order valence-electron chi connectivity index (χ3n) is 2.96. The van der Waals surface area contributed by atoms with Crippen LogP contribution in [0.25, 0.3) is 22.6 Å². The van der Waals surface area contributed by atoms with Crippen molar-refractivity contribution in [3.8, 4) is 22.6 Å². The van der Waals surface area contributed by atoms with Gasteiger partial charge in [0.25, 0.3) is 0 Å². The Morgan fingerprint density at radius 3 is 2.45 bits per heavy atom. The average Bonchev–Trinajstić information content (AvgIpc) is 2.98. The van der Waals surface area contributed by atoms with Crippen molar-refractivity contribution in [3.05, 3.63) is 54.9 Å². The van der Waals surface area contributed by atoms with Crippen LogP contribution in [0.3, 0.4) is 0 Å². The molecule has 0 spiro atoms. The van der Waals surface area contributed by atoms with E-state index in [0.717, 1.165) is 11.1 Å². The van der Waals surface area contributed by atoms with Crippen molar-refractivity contribution in [1.82, 2.24) is 10.1 Å². The molecular weight excluding hydrogens is 255 g/mol. The second-order valence-corrected chi connectivity index (χ2v) is 4.31. The number of hydrogen-bond donors (Lipinski definition) is 2. The first-order valence-electron chi connectivity index (χ1n) is 6.07. The van der Waals surface area contributed by atoms with Crippen molar-refractivity contribution in [3.63, 3.8) is 0 Å². The van der Waals surface area contributed by atoms with Crippen LogP contribution in [0, 0.1) is 0 Å². The van der Waals surface area contributed by atoms with Gasteiger partial charge in [-0.2, -0.15) is 0 Å². The summed E-state index contributed by atoms with van der Waals surface area (Å²) in [6.45, 7) is 0. The Morgan fingerprint density at radius 1 is 1.00 bits per heavy atom. The van der Waals surface area contributed by atoms with E-state index in [1.165, 1.54) is 0 Å². The Labute approximate surface area is 115 Å². The Hall–Kier alpha value is -2.44. The van der Waals surface area contributed by atoms with Gasteiger partial charge in [-0.3, -0.25) is 4.98 Å². The van der Waals surface area contributed by atoms with Gasteiger partial charge in [0, 0.05) is 29.6 Å². The highest BCUT2D eigenvalue weighted by molar-refractivity contribution is 6.58. The standard InChI is InChI=1S/C14H11BN2O3/c18-15(19)12-5-3-10(4-6-12)13-8-14(20-17-13)11-2-1-7-16-9-11/h1-9,18-19H. The van der Waals surface area contributed by atoms with Crippen LogP contribution in [-0.2, 0) is 0 Å². The summed E-state index contributed by atoms with van der Waals surface area (Å²) in [5.74, 6) is 0.638. The topological polar surface area (TPSA) is 79.4 Å². The van der Waals surface area contributed by atoms with Gasteiger partial charge in [-0.25, -0.2) is 0 Å². The van der Waals surface area contributed by atoms with E-state index in [0.29, 0.717) is 16.9 Å². The smallest absolute Gasteiger partial charge is 0.423 e. The zero-order chi connectivity index (χ0) is 13.9.